The van der Waals surface area contributed by atoms with Gasteiger partial charge in [-0.3, -0.25) is 0 Å². The van der Waals surface area contributed by atoms with Gasteiger partial charge in [0.05, 0.1) is 5.60 Å². The van der Waals surface area contributed by atoms with Gasteiger partial charge in [-0.2, -0.15) is 9.78 Å². The number of aliphatic hydroxyl groups is 1. The van der Waals surface area contributed by atoms with Crippen LogP contribution in [0.3, 0.4) is 0 Å². The van der Waals surface area contributed by atoms with Crippen molar-refractivity contribution in [2.24, 2.45) is 23.7 Å². The molecule has 0 amide bonds. The largest absolute Gasteiger partial charge is 0.491 e. The molecule has 7 fully saturated rings. The first-order chi connectivity index (χ1) is 16.5. The van der Waals surface area contributed by atoms with Crippen molar-refractivity contribution in [2.45, 2.75) is 113 Å². The van der Waals surface area contributed by atoms with E-state index in [4.69, 9.17) is 19.2 Å². The highest BCUT2D eigenvalue weighted by Crippen LogP contribution is 2.64. The van der Waals surface area contributed by atoms with E-state index in [2.05, 4.69) is 24.3 Å². The predicted octanol–water partition coefficient (Wildman–Crippen LogP) is 6.25. The molecule has 5 heteroatoms. The second-order valence-corrected chi connectivity index (χ2v) is 12.6. The number of benzene rings is 1. The molecule has 0 aromatic heterocycles. The zero-order chi connectivity index (χ0) is 22.8. The van der Waals surface area contributed by atoms with Crippen molar-refractivity contribution in [1.29, 1.82) is 0 Å². The van der Waals surface area contributed by atoms with E-state index >= 15 is 0 Å². The first-order valence-corrected chi connectivity index (χ1v) is 14.1. The van der Waals surface area contributed by atoms with Gasteiger partial charge >= 0.3 is 0 Å². The van der Waals surface area contributed by atoms with Crippen LogP contribution in [0.25, 0.3) is 0 Å². The molecule has 1 saturated heterocycles. The third-order valence-electron chi connectivity index (χ3n) is 10.3. The molecular weight excluding hydrogens is 428 g/mol. The third kappa shape index (κ3) is 3.73. The van der Waals surface area contributed by atoms with E-state index in [-0.39, 0.29) is 0 Å². The minimum atomic E-state index is -0.655. The SMILES string of the molecule is OC1(COc2ccc(C3CCC[C@]4(C3)OOC3(O4)C4CC5CC(C4)CC3C5)cc2)CCCCC1. The summed E-state index contributed by atoms with van der Waals surface area (Å²) in [6.45, 7) is 0.393. The molecule has 1 unspecified atom stereocenters. The molecule has 2 atom stereocenters. The standard InChI is InChI=1S/C29H40O5/c30-27(10-2-1-3-11-27)19-31-26-8-6-22(7-9-26)23-5-4-12-28(18-23)32-29(34-33-28)24-14-20-13-21(16-24)17-25(29)15-20/h6-9,20-21,23-25,30H,1-5,10-19H2/t20?,21?,23?,24?,25?,28-,29?/m1/s1. The lowest BCUT2D eigenvalue weighted by Gasteiger charge is -2.57. The van der Waals surface area contributed by atoms with Crippen LogP contribution in [-0.4, -0.2) is 28.9 Å². The molecular formula is C29H40O5. The molecule has 1 aromatic rings. The van der Waals surface area contributed by atoms with Crippen molar-refractivity contribution in [3.63, 3.8) is 0 Å². The Bertz CT molecular complexity index is 862. The molecule has 34 heavy (non-hydrogen) atoms. The summed E-state index contributed by atoms with van der Waals surface area (Å²) >= 11 is 0. The highest BCUT2D eigenvalue weighted by molar-refractivity contribution is 5.30. The average Bonchev–Trinajstić information content (AvgIpc) is 3.21. The Labute approximate surface area is 203 Å². The summed E-state index contributed by atoms with van der Waals surface area (Å²) in [6, 6.07) is 8.51. The van der Waals surface area contributed by atoms with Gasteiger partial charge in [0, 0.05) is 24.7 Å². The molecule has 1 aromatic carbocycles. The summed E-state index contributed by atoms with van der Waals surface area (Å²) in [5, 5.41) is 10.7. The first-order valence-electron chi connectivity index (χ1n) is 14.1. The highest BCUT2D eigenvalue weighted by Gasteiger charge is 2.67. The molecule has 7 aliphatic rings. The van der Waals surface area contributed by atoms with Gasteiger partial charge in [-0.1, -0.05) is 31.4 Å². The number of rotatable bonds is 4. The maximum absolute atomic E-state index is 10.7. The Morgan fingerprint density at radius 3 is 2.24 bits per heavy atom. The normalized spacial score (nSPS) is 44.7. The second-order valence-electron chi connectivity index (χ2n) is 12.6. The van der Waals surface area contributed by atoms with Crippen LogP contribution in [-0.2, 0) is 14.5 Å². The van der Waals surface area contributed by atoms with Crippen LogP contribution in [0.1, 0.15) is 101 Å². The van der Waals surface area contributed by atoms with E-state index in [1.165, 1.54) is 44.1 Å². The van der Waals surface area contributed by atoms with Crippen molar-refractivity contribution >= 4 is 0 Å². The van der Waals surface area contributed by atoms with Crippen molar-refractivity contribution < 1.29 is 24.4 Å². The van der Waals surface area contributed by atoms with E-state index < -0.39 is 17.2 Å². The molecule has 5 nitrogen and oxygen atoms in total. The van der Waals surface area contributed by atoms with E-state index in [9.17, 15) is 5.11 Å². The fourth-order valence-electron chi connectivity index (χ4n) is 8.67. The van der Waals surface area contributed by atoms with E-state index in [0.29, 0.717) is 24.4 Å². The summed E-state index contributed by atoms with van der Waals surface area (Å²) in [7, 11) is 0. The fourth-order valence-corrected chi connectivity index (χ4v) is 8.67. The third-order valence-corrected chi connectivity index (χ3v) is 10.3. The van der Waals surface area contributed by atoms with Crippen LogP contribution in [0.15, 0.2) is 24.3 Å². The zero-order valence-electron chi connectivity index (χ0n) is 20.4. The molecule has 1 N–H and O–H groups in total. The maximum atomic E-state index is 10.7. The van der Waals surface area contributed by atoms with Crippen LogP contribution in [0, 0.1) is 23.7 Å². The summed E-state index contributed by atoms with van der Waals surface area (Å²) in [6.07, 6.45) is 15.6. The number of hydrogen-bond donors (Lipinski definition) is 1. The fraction of sp³-hybridized carbons (Fsp3) is 0.793. The highest BCUT2D eigenvalue weighted by atomic mass is 17.3. The smallest absolute Gasteiger partial charge is 0.210 e. The van der Waals surface area contributed by atoms with E-state index in [1.54, 1.807) is 0 Å². The first kappa shape index (κ1) is 22.1. The molecule has 6 aliphatic carbocycles. The van der Waals surface area contributed by atoms with Crippen LogP contribution in [0.2, 0.25) is 0 Å². The van der Waals surface area contributed by atoms with Crippen molar-refractivity contribution in [1.82, 2.24) is 0 Å². The summed E-state index contributed by atoms with van der Waals surface area (Å²) < 4.78 is 12.9. The monoisotopic (exact) mass is 468 g/mol. The lowest BCUT2D eigenvalue weighted by Crippen LogP contribution is -2.59. The average molecular weight is 469 g/mol. The zero-order valence-corrected chi connectivity index (χ0v) is 20.4. The number of ether oxygens (including phenoxy) is 2. The van der Waals surface area contributed by atoms with Crippen LogP contribution in [0.4, 0.5) is 0 Å². The van der Waals surface area contributed by atoms with Crippen LogP contribution >= 0.6 is 0 Å². The summed E-state index contributed by atoms with van der Waals surface area (Å²) in [5.74, 6) is 2.98. The Morgan fingerprint density at radius 2 is 1.53 bits per heavy atom. The Kier molecular flexibility index (Phi) is 5.32. The minimum Gasteiger partial charge on any atom is -0.491 e. The van der Waals surface area contributed by atoms with E-state index in [1.807, 2.05) is 0 Å². The summed E-state index contributed by atoms with van der Waals surface area (Å²) in [4.78, 5) is 12.4. The molecule has 1 heterocycles. The van der Waals surface area contributed by atoms with Crippen molar-refractivity contribution in [3.05, 3.63) is 29.8 Å². The molecule has 186 valence electrons. The lowest BCUT2D eigenvalue weighted by atomic mass is 9.53. The molecule has 1 aliphatic heterocycles. The van der Waals surface area contributed by atoms with Gasteiger partial charge in [0.15, 0.2) is 0 Å². The van der Waals surface area contributed by atoms with Gasteiger partial charge in [0.2, 0.25) is 11.6 Å². The quantitative estimate of drug-likeness (QED) is 0.530. The van der Waals surface area contributed by atoms with Gasteiger partial charge in [0.1, 0.15) is 12.4 Å². The van der Waals surface area contributed by atoms with Gasteiger partial charge in [-0.05, 0) is 93.2 Å². The van der Waals surface area contributed by atoms with Gasteiger partial charge < -0.3 is 14.6 Å². The Hall–Kier alpha value is -1.14. The lowest BCUT2D eigenvalue weighted by molar-refractivity contribution is -0.390. The molecule has 6 saturated carbocycles. The van der Waals surface area contributed by atoms with E-state index in [0.717, 1.165) is 69.0 Å². The predicted molar refractivity (Wildman–Crippen MR) is 127 cm³/mol. The summed E-state index contributed by atoms with van der Waals surface area (Å²) in [5.41, 5.74) is 0.665. The molecule has 0 radical (unpaired) electrons. The van der Waals surface area contributed by atoms with Crippen LogP contribution < -0.4 is 4.74 Å². The van der Waals surface area contributed by atoms with Gasteiger partial charge in [-0.25, -0.2) is 0 Å². The van der Waals surface area contributed by atoms with Gasteiger partial charge in [-0.15, -0.1) is 0 Å². The Morgan fingerprint density at radius 1 is 0.824 bits per heavy atom. The second kappa shape index (κ2) is 8.19. The minimum absolute atomic E-state index is 0.393. The molecule has 2 spiro atoms. The maximum Gasteiger partial charge on any atom is 0.210 e. The topological polar surface area (TPSA) is 57.2 Å². The number of hydrogen-bond acceptors (Lipinski definition) is 5. The van der Waals surface area contributed by atoms with Crippen LogP contribution in [0.5, 0.6) is 5.75 Å². The van der Waals surface area contributed by atoms with Gasteiger partial charge in [0.25, 0.3) is 0 Å². The Balaban J connectivity index is 1.01. The molecule has 4 bridgehead atoms. The molecule has 8 rings (SSSR count). The van der Waals surface area contributed by atoms with Crippen molar-refractivity contribution in [2.75, 3.05) is 6.61 Å². The van der Waals surface area contributed by atoms with Crippen molar-refractivity contribution in [3.8, 4) is 5.75 Å².